The zero-order valence-corrected chi connectivity index (χ0v) is 18.9. The van der Waals surface area contributed by atoms with E-state index in [9.17, 15) is 26.4 Å². The molecule has 3 atom stereocenters. The third-order valence-electron chi connectivity index (χ3n) is 5.92. The maximum Gasteiger partial charge on any atom is 0.407 e. The summed E-state index contributed by atoms with van der Waals surface area (Å²) in [6.07, 6.45) is -2.77. The summed E-state index contributed by atoms with van der Waals surface area (Å²) in [5.74, 6) is -0.860. The van der Waals surface area contributed by atoms with Crippen LogP contribution in [0.25, 0.3) is 11.1 Å². The lowest BCUT2D eigenvalue weighted by Crippen LogP contribution is -2.52. The van der Waals surface area contributed by atoms with Crippen LogP contribution in [0.3, 0.4) is 0 Å². The quantitative estimate of drug-likeness (QED) is 0.562. The van der Waals surface area contributed by atoms with Crippen LogP contribution in [0.2, 0.25) is 0 Å². The highest BCUT2D eigenvalue weighted by atomic mass is 32.2. The number of hydrogen-bond acceptors (Lipinski definition) is 5. The van der Waals surface area contributed by atoms with Crippen molar-refractivity contribution in [3.63, 3.8) is 0 Å². The van der Waals surface area contributed by atoms with Crippen LogP contribution in [0.5, 0.6) is 0 Å². The van der Waals surface area contributed by atoms with Crippen LogP contribution in [0.1, 0.15) is 31.4 Å². The number of amides is 1. The van der Waals surface area contributed by atoms with E-state index in [1.165, 1.54) is 36.4 Å². The van der Waals surface area contributed by atoms with Crippen LogP contribution in [-0.2, 0) is 14.6 Å². The number of halogens is 3. The fourth-order valence-corrected chi connectivity index (χ4v) is 4.63. The largest absolute Gasteiger partial charge is 0.407 e. The molecule has 1 fully saturated rings. The summed E-state index contributed by atoms with van der Waals surface area (Å²) in [5.41, 5.74) is -0.135. The minimum atomic E-state index is -4.65. The van der Waals surface area contributed by atoms with E-state index in [0.29, 0.717) is 17.5 Å². The standard InChI is InChI=1S/C23H24F3N3O3S/c1-3-18-14-22(18,21(30)28-13-12-27)29-20(23(24,25)26)17-6-4-15(5-7-17)16-8-10-19(11-9-16)33(2,31)32/h4-11,18,20,29H,3,13-14H2,1-2H3,(H,28,30)/t18-,20+,22+/m1/s1. The Morgan fingerprint density at radius 2 is 1.70 bits per heavy atom. The summed E-state index contributed by atoms with van der Waals surface area (Å²) in [5, 5.41) is 13.6. The van der Waals surface area contributed by atoms with Gasteiger partial charge < -0.3 is 5.32 Å². The Kier molecular flexibility index (Phi) is 6.86. The van der Waals surface area contributed by atoms with Crippen molar-refractivity contribution in [1.29, 1.82) is 5.26 Å². The van der Waals surface area contributed by atoms with Crippen molar-refractivity contribution in [3.8, 4) is 17.2 Å². The molecule has 1 saturated carbocycles. The van der Waals surface area contributed by atoms with E-state index >= 15 is 0 Å². The molecule has 6 nitrogen and oxygen atoms in total. The molecule has 0 radical (unpaired) electrons. The zero-order chi connectivity index (χ0) is 24.4. The number of nitriles is 1. The number of nitrogens with zero attached hydrogens (tertiary/aromatic N) is 1. The molecule has 33 heavy (non-hydrogen) atoms. The molecule has 2 aromatic carbocycles. The molecule has 0 heterocycles. The van der Waals surface area contributed by atoms with Gasteiger partial charge >= 0.3 is 6.18 Å². The van der Waals surface area contributed by atoms with Crippen LogP contribution >= 0.6 is 0 Å². The molecule has 3 rings (SSSR count). The van der Waals surface area contributed by atoms with Gasteiger partial charge in [-0.25, -0.2) is 8.42 Å². The molecule has 0 aromatic heterocycles. The lowest BCUT2D eigenvalue weighted by atomic mass is 9.99. The lowest BCUT2D eigenvalue weighted by molar-refractivity contribution is -0.162. The highest BCUT2D eigenvalue weighted by Crippen LogP contribution is 2.49. The lowest BCUT2D eigenvalue weighted by Gasteiger charge is -2.28. The summed E-state index contributed by atoms with van der Waals surface area (Å²) in [7, 11) is -3.35. The molecule has 0 bridgehead atoms. The smallest absolute Gasteiger partial charge is 0.341 e. The molecule has 0 unspecified atom stereocenters. The predicted octanol–water partition coefficient (Wildman–Crippen LogP) is 3.76. The molecule has 1 aliphatic carbocycles. The number of sulfone groups is 1. The maximum atomic E-state index is 14.0. The number of hydrogen-bond donors (Lipinski definition) is 2. The normalized spacial score (nSPS) is 21.2. The highest BCUT2D eigenvalue weighted by Gasteiger charge is 2.61. The molecule has 2 N–H and O–H groups in total. The molecule has 1 aliphatic rings. The fraction of sp³-hybridized carbons (Fsp3) is 0.391. The van der Waals surface area contributed by atoms with Crippen LogP contribution in [0, 0.1) is 17.2 Å². The van der Waals surface area contributed by atoms with E-state index < -0.39 is 33.5 Å². The molecular weight excluding hydrogens is 455 g/mol. The van der Waals surface area contributed by atoms with Crippen LogP contribution in [-0.4, -0.2) is 38.8 Å². The number of nitrogens with one attached hydrogen (secondary N) is 2. The SMILES string of the molecule is CC[C@@H]1C[C@@]1(N[C@@H](c1ccc(-c2ccc(S(C)(=O)=O)cc2)cc1)C(F)(F)F)C(=O)NCC#N. The van der Waals surface area contributed by atoms with Crippen LogP contribution in [0.15, 0.2) is 53.4 Å². The summed E-state index contributed by atoms with van der Waals surface area (Å²) >= 11 is 0. The van der Waals surface area contributed by atoms with Gasteiger partial charge in [-0.1, -0.05) is 49.7 Å². The minimum Gasteiger partial charge on any atom is -0.341 e. The second-order valence-corrected chi connectivity index (χ2v) is 10.2. The summed E-state index contributed by atoms with van der Waals surface area (Å²) in [6, 6.07) is 11.5. The zero-order valence-electron chi connectivity index (χ0n) is 18.1. The molecule has 10 heteroatoms. The Morgan fingerprint density at radius 1 is 1.15 bits per heavy atom. The van der Waals surface area contributed by atoms with Gasteiger partial charge in [-0.3, -0.25) is 10.1 Å². The topological polar surface area (TPSA) is 99.1 Å². The van der Waals surface area contributed by atoms with Gasteiger partial charge in [-0.05, 0) is 41.2 Å². The van der Waals surface area contributed by atoms with Crippen molar-refractivity contribution in [2.45, 2.75) is 42.4 Å². The molecule has 2 aromatic rings. The minimum absolute atomic E-state index is 0.0479. The van der Waals surface area contributed by atoms with Gasteiger partial charge in [-0.2, -0.15) is 18.4 Å². The van der Waals surface area contributed by atoms with Gasteiger partial charge in [0.2, 0.25) is 5.91 Å². The van der Waals surface area contributed by atoms with Crippen molar-refractivity contribution in [2.75, 3.05) is 12.8 Å². The Morgan fingerprint density at radius 3 is 2.12 bits per heavy atom. The monoisotopic (exact) mass is 479 g/mol. The second kappa shape index (κ2) is 9.15. The van der Waals surface area contributed by atoms with Gasteiger partial charge in [0.15, 0.2) is 9.84 Å². The van der Waals surface area contributed by atoms with Gasteiger partial charge in [0.25, 0.3) is 0 Å². The third kappa shape index (κ3) is 5.37. The van der Waals surface area contributed by atoms with E-state index in [0.717, 1.165) is 6.26 Å². The van der Waals surface area contributed by atoms with Gasteiger partial charge in [0.1, 0.15) is 18.1 Å². The number of benzene rings is 2. The van der Waals surface area contributed by atoms with E-state index in [4.69, 9.17) is 5.26 Å². The number of carbonyl (C=O) groups is 1. The number of rotatable bonds is 8. The first-order chi connectivity index (χ1) is 15.4. The highest BCUT2D eigenvalue weighted by molar-refractivity contribution is 7.90. The average Bonchev–Trinajstić information content (AvgIpc) is 3.49. The molecule has 0 spiro atoms. The third-order valence-corrected chi connectivity index (χ3v) is 7.05. The summed E-state index contributed by atoms with van der Waals surface area (Å²) in [6.45, 7) is 1.53. The Labute approximate surface area is 190 Å². The second-order valence-electron chi connectivity index (χ2n) is 8.16. The van der Waals surface area contributed by atoms with Crippen molar-refractivity contribution >= 4 is 15.7 Å². The number of carbonyl (C=O) groups excluding carboxylic acids is 1. The first-order valence-corrected chi connectivity index (χ1v) is 12.2. The van der Waals surface area contributed by atoms with Crippen molar-refractivity contribution in [2.24, 2.45) is 5.92 Å². The molecule has 0 saturated heterocycles. The van der Waals surface area contributed by atoms with Crippen molar-refractivity contribution in [1.82, 2.24) is 10.6 Å². The first kappa shape index (κ1) is 24.7. The summed E-state index contributed by atoms with van der Waals surface area (Å²) in [4.78, 5) is 12.7. The molecule has 176 valence electrons. The van der Waals surface area contributed by atoms with Gasteiger partial charge in [0, 0.05) is 6.26 Å². The Bertz CT molecular complexity index is 1160. The Balaban J connectivity index is 1.87. The van der Waals surface area contributed by atoms with Gasteiger partial charge in [-0.15, -0.1) is 0 Å². The van der Waals surface area contributed by atoms with E-state index in [-0.39, 0.29) is 29.3 Å². The van der Waals surface area contributed by atoms with Crippen LogP contribution < -0.4 is 10.6 Å². The molecular formula is C23H24F3N3O3S. The fourth-order valence-electron chi connectivity index (χ4n) is 3.99. The first-order valence-electron chi connectivity index (χ1n) is 10.3. The summed E-state index contributed by atoms with van der Waals surface area (Å²) < 4.78 is 65.2. The van der Waals surface area contributed by atoms with E-state index in [2.05, 4.69) is 10.6 Å². The maximum absolute atomic E-state index is 14.0. The molecule has 1 amide bonds. The van der Waals surface area contributed by atoms with Crippen molar-refractivity contribution < 1.29 is 26.4 Å². The van der Waals surface area contributed by atoms with E-state index in [1.54, 1.807) is 25.1 Å². The van der Waals surface area contributed by atoms with Gasteiger partial charge in [0.05, 0.1) is 11.0 Å². The molecule has 0 aliphatic heterocycles. The Hall–Kier alpha value is -2.90. The number of alkyl halides is 3. The average molecular weight is 480 g/mol. The van der Waals surface area contributed by atoms with Crippen LogP contribution in [0.4, 0.5) is 13.2 Å². The van der Waals surface area contributed by atoms with Crippen molar-refractivity contribution in [3.05, 3.63) is 54.1 Å². The predicted molar refractivity (Wildman–Crippen MR) is 117 cm³/mol. The van der Waals surface area contributed by atoms with E-state index in [1.807, 2.05) is 0 Å².